The van der Waals surface area contributed by atoms with Gasteiger partial charge < -0.3 is 14.8 Å². The maximum Gasteiger partial charge on any atom is 0.316 e. The van der Waals surface area contributed by atoms with Crippen LogP contribution in [0.3, 0.4) is 0 Å². The first-order valence-electron chi connectivity index (χ1n) is 8.74. The first-order chi connectivity index (χ1) is 13.5. The number of esters is 1. The number of rotatable bonds is 10. The Morgan fingerprint density at radius 3 is 2.32 bits per heavy atom. The minimum atomic E-state index is -0.651. The SMILES string of the molecule is COc1ccc(SCC(=O)OCC(=O)N[C@H](Cc2ccccc2)C(C)=O)cc1. The molecule has 2 rings (SSSR count). The fourth-order valence-electron chi connectivity index (χ4n) is 2.38. The van der Waals surface area contributed by atoms with Crippen molar-refractivity contribution in [2.45, 2.75) is 24.3 Å². The van der Waals surface area contributed by atoms with E-state index in [1.165, 1.54) is 18.7 Å². The van der Waals surface area contributed by atoms with Crippen molar-refractivity contribution < 1.29 is 23.9 Å². The van der Waals surface area contributed by atoms with E-state index in [9.17, 15) is 14.4 Å². The zero-order valence-corrected chi connectivity index (χ0v) is 16.7. The molecular formula is C21H23NO5S. The highest BCUT2D eigenvalue weighted by atomic mass is 32.2. The fourth-order valence-corrected chi connectivity index (χ4v) is 3.08. The zero-order valence-electron chi connectivity index (χ0n) is 15.8. The molecule has 7 heteroatoms. The summed E-state index contributed by atoms with van der Waals surface area (Å²) in [7, 11) is 1.58. The molecule has 0 unspecified atom stereocenters. The van der Waals surface area contributed by atoms with E-state index in [4.69, 9.17) is 9.47 Å². The molecule has 0 saturated heterocycles. The average molecular weight is 401 g/mol. The Morgan fingerprint density at radius 2 is 1.71 bits per heavy atom. The number of methoxy groups -OCH3 is 1. The number of nitrogens with one attached hydrogen (secondary N) is 1. The molecule has 1 atom stereocenters. The molecule has 1 N–H and O–H groups in total. The summed E-state index contributed by atoms with van der Waals surface area (Å²) >= 11 is 1.30. The second-order valence-corrected chi connectivity index (χ2v) is 7.09. The number of ether oxygens (including phenoxy) is 2. The highest BCUT2D eigenvalue weighted by Crippen LogP contribution is 2.21. The van der Waals surface area contributed by atoms with Crippen LogP contribution in [0.15, 0.2) is 59.5 Å². The minimum Gasteiger partial charge on any atom is -0.497 e. The van der Waals surface area contributed by atoms with Crippen LogP contribution in [0, 0.1) is 0 Å². The fraction of sp³-hybridized carbons (Fsp3) is 0.286. The predicted octanol–water partition coefficient (Wildman–Crippen LogP) is 2.65. The molecule has 0 saturated carbocycles. The number of thioether (sulfide) groups is 1. The smallest absolute Gasteiger partial charge is 0.316 e. The van der Waals surface area contributed by atoms with Gasteiger partial charge in [0.15, 0.2) is 12.4 Å². The number of carbonyl (C=O) groups is 3. The van der Waals surface area contributed by atoms with Gasteiger partial charge in [-0.1, -0.05) is 30.3 Å². The summed E-state index contributed by atoms with van der Waals surface area (Å²) in [5.74, 6) is -0.338. The van der Waals surface area contributed by atoms with Gasteiger partial charge in [0.2, 0.25) is 0 Å². The Balaban J connectivity index is 1.74. The molecule has 0 aliphatic rings. The lowest BCUT2D eigenvalue weighted by Crippen LogP contribution is -2.43. The Kier molecular flexibility index (Phi) is 8.55. The molecule has 0 bridgehead atoms. The Hall–Kier alpha value is -2.80. The third kappa shape index (κ3) is 7.44. The molecule has 0 heterocycles. The topological polar surface area (TPSA) is 81.7 Å². The molecule has 2 aromatic rings. The maximum absolute atomic E-state index is 12.0. The Morgan fingerprint density at radius 1 is 1.04 bits per heavy atom. The van der Waals surface area contributed by atoms with Gasteiger partial charge in [-0.15, -0.1) is 11.8 Å². The molecule has 0 fully saturated rings. The van der Waals surface area contributed by atoms with Crippen molar-refractivity contribution in [3.05, 3.63) is 60.2 Å². The summed E-state index contributed by atoms with van der Waals surface area (Å²) in [6.07, 6.45) is 0.392. The molecule has 0 spiro atoms. The van der Waals surface area contributed by atoms with Crippen LogP contribution in [0.1, 0.15) is 12.5 Å². The number of benzene rings is 2. The van der Waals surface area contributed by atoms with E-state index in [1.807, 2.05) is 42.5 Å². The molecule has 0 radical (unpaired) electrons. The number of hydrogen-bond acceptors (Lipinski definition) is 6. The number of amides is 1. The minimum absolute atomic E-state index is 0.0831. The van der Waals surface area contributed by atoms with Crippen LogP contribution in [0.2, 0.25) is 0 Å². The van der Waals surface area contributed by atoms with Crippen molar-refractivity contribution in [3.63, 3.8) is 0 Å². The summed E-state index contributed by atoms with van der Waals surface area (Å²) in [5, 5.41) is 2.62. The molecule has 0 aliphatic heterocycles. The Labute approximate surface area is 168 Å². The normalized spacial score (nSPS) is 11.4. The first kappa shape index (κ1) is 21.5. The van der Waals surface area contributed by atoms with Gasteiger partial charge in [0.05, 0.1) is 18.9 Å². The van der Waals surface area contributed by atoms with Crippen molar-refractivity contribution in [2.24, 2.45) is 0 Å². The van der Waals surface area contributed by atoms with Crippen LogP contribution < -0.4 is 10.1 Å². The van der Waals surface area contributed by atoms with Crippen molar-refractivity contribution in [1.82, 2.24) is 5.32 Å². The van der Waals surface area contributed by atoms with Crippen LogP contribution in [0.5, 0.6) is 5.75 Å². The van der Waals surface area contributed by atoms with Crippen molar-refractivity contribution in [2.75, 3.05) is 19.5 Å². The summed E-state index contributed by atoms with van der Waals surface area (Å²) in [4.78, 5) is 36.6. The van der Waals surface area contributed by atoms with Crippen LogP contribution >= 0.6 is 11.8 Å². The first-order valence-corrected chi connectivity index (χ1v) is 9.72. The van der Waals surface area contributed by atoms with Gasteiger partial charge in [0.1, 0.15) is 5.75 Å². The van der Waals surface area contributed by atoms with E-state index < -0.39 is 24.5 Å². The molecular weight excluding hydrogens is 378 g/mol. The van der Waals surface area contributed by atoms with E-state index in [1.54, 1.807) is 19.2 Å². The van der Waals surface area contributed by atoms with Gasteiger partial charge in [-0.2, -0.15) is 0 Å². The van der Waals surface area contributed by atoms with E-state index >= 15 is 0 Å². The van der Waals surface area contributed by atoms with Crippen LogP contribution in [0.25, 0.3) is 0 Å². The van der Waals surface area contributed by atoms with Crippen molar-refractivity contribution in [3.8, 4) is 5.75 Å². The summed E-state index contributed by atoms with van der Waals surface area (Å²) < 4.78 is 10.1. The highest BCUT2D eigenvalue weighted by Gasteiger charge is 2.18. The van der Waals surface area contributed by atoms with Crippen LogP contribution in [0.4, 0.5) is 0 Å². The average Bonchev–Trinajstić information content (AvgIpc) is 2.71. The number of carbonyl (C=O) groups excluding carboxylic acids is 3. The zero-order chi connectivity index (χ0) is 20.4. The second-order valence-electron chi connectivity index (χ2n) is 6.05. The molecule has 0 aromatic heterocycles. The van der Waals surface area contributed by atoms with E-state index in [-0.39, 0.29) is 11.5 Å². The largest absolute Gasteiger partial charge is 0.497 e. The van der Waals surface area contributed by atoms with Gasteiger partial charge in [0.25, 0.3) is 5.91 Å². The van der Waals surface area contributed by atoms with Crippen LogP contribution in [-0.2, 0) is 25.5 Å². The molecule has 0 aliphatic carbocycles. The molecule has 1 amide bonds. The van der Waals surface area contributed by atoms with E-state index in [0.29, 0.717) is 6.42 Å². The summed E-state index contributed by atoms with van der Waals surface area (Å²) in [6.45, 7) is 1.01. The van der Waals surface area contributed by atoms with Gasteiger partial charge in [-0.25, -0.2) is 0 Å². The molecule has 148 valence electrons. The van der Waals surface area contributed by atoms with Gasteiger partial charge in [-0.3, -0.25) is 14.4 Å². The summed E-state index contributed by atoms with van der Waals surface area (Å²) in [6, 6.07) is 16.0. The predicted molar refractivity (Wildman–Crippen MR) is 107 cm³/mol. The Bertz CT molecular complexity index is 792. The van der Waals surface area contributed by atoms with Crippen molar-refractivity contribution in [1.29, 1.82) is 0 Å². The lowest BCUT2D eigenvalue weighted by atomic mass is 10.0. The van der Waals surface area contributed by atoms with E-state index in [2.05, 4.69) is 5.32 Å². The lowest BCUT2D eigenvalue weighted by molar-refractivity contribution is -0.146. The maximum atomic E-state index is 12.0. The third-order valence-corrected chi connectivity index (χ3v) is 4.87. The molecule has 6 nitrogen and oxygen atoms in total. The number of hydrogen-bond donors (Lipinski definition) is 1. The quantitative estimate of drug-likeness (QED) is 0.487. The van der Waals surface area contributed by atoms with Gasteiger partial charge >= 0.3 is 5.97 Å². The van der Waals surface area contributed by atoms with Gasteiger partial charge in [-0.05, 0) is 43.2 Å². The summed E-state index contributed by atoms with van der Waals surface area (Å²) in [5.41, 5.74) is 0.941. The third-order valence-electron chi connectivity index (χ3n) is 3.89. The molecule has 2 aromatic carbocycles. The highest BCUT2D eigenvalue weighted by molar-refractivity contribution is 8.00. The van der Waals surface area contributed by atoms with Crippen molar-refractivity contribution >= 4 is 29.4 Å². The monoisotopic (exact) mass is 401 g/mol. The number of ketones is 1. The van der Waals surface area contributed by atoms with E-state index in [0.717, 1.165) is 16.2 Å². The van der Waals surface area contributed by atoms with Crippen LogP contribution in [-0.4, -0.2) is 43.2 Å². The lowest BCUT2D eigenvalue weighted by Gasteiger charge is -2.16. The molecule has 28 heavy (non-hydrogen) atoms. The standard InChI is InChI=1S/C21H23NO5S/c1-15(23)19(12-16-6-4-3-5-7-16)22-20(24)13-27-21(25)14-28-18-10-8-17(26-2)9-11-18/h3-11,19H,12-14H2,1-2H3,(H,22,24)/t19-/m1/s1. The van der Waals surface area contributed by atoms with Gasteiger partial charge in [0, 0.05) is 4.90 Å². The second kappa shape index (κ2) is 11.1. The number of Topliss-reactive ketones (excluding diaryl/α,β-unsaturated/α-hetero) is 1.